The molecule has 1 N–H and O–H groups in total. The lowest BCUT2D eigenvalue weighted by atomic mass is 9.98. The van der Waals surface area contributed by atoms with Gasteiger partial charge in [0.15, 0.2) is 0 Å². The first-order valence-corrected chi connectivity index (χ1v) is 7.83. The molecule has 0 aliphatic rings. The molecule has 0 heterocycles. The van der Waals surface area contributed by atoms with Crippen LogP contribution in [0.4, 0.5) is 8.78 Å². The molecule has 0 spiro atoms. The molecule has 2 aromatic carbocycles. The summed E-state index contributed by atoms with van der Waals surface area (Å²) >= 11 is 3.37. The minimum atomic E-state index is -0.283. The molecule has 2 rings (SSSR count). The average molecular weight is 354 g/mol. The first-order valence-electron chi connectivity index (χ1n) is 7.03. The van der Waals surface area contributed by atoms with Gasteiger partial charge in [0.1, 0.15) is 11.6 Å². The van der Waals surface area contributed by atoms with Crippen LogP contribution < -0.4 is 5.32 Å². The molecule has 0 aliphatic carbocycles. The van der Waals surface area contributed by atoms with Crippen molar-refractivity contribution in [2.45, 2.75) is 25.8 Å². The summed E-state index contributed by atoms with van der Waals surface area (Å²) in [5.41, 5.74) is 1.59. The third-order valence-corrected chi connectivity index (χ3v) is 4.10. The van der Waals surface area contributed by atoms with Crippen LogP contribution in [0, 0.1) is 11.6 Å². The van der Waals surface area contributed by atoms with Gasteiger partial charge in [-0.2, -0.15) is 0 Å². The van der Waals surface area contributed by atoms with Crippen LogP contribution in [-0.2, 0) is 6.42 Å². The van der Waals surface area contributed by atoms with Crippen LogP contribution in [0.2, 0.25) is 0 Å². The third-order valence-electron chi connectivity index (χ3n) is 3.36. The Balaban J connectivity index is 2.26. The van der Waals surface area contributed by atoms with Crippen LogP contribution in [-0.4, -0.2) is 6.54 Å². The van der Waals surface area contributed by atoms with E-state index in [1.807, 2.05) is 6.07 Å². The fourth-order valence-corrected chi connectivity index (χ4v) is 2.79. The topological polar surface area (TPSA) is 12.0 Å². The van der Waals surface area contributed by atoms with Crippen LogP contribution in [0.1, 0.15) is 30.5 Å². The molecule has 112 valence electrons. The lowest BCUT2D eigenvalue weighted by molar-refractivity contribution is 0.496. The Kier molecular flexibility index (Phi) is 5.88. The second-order valence-corrected chi connectivity index (χ2v) is 5.82. The van der Waals surface area contributed by atoms with E-state index in [0.717, 1.165) is 18.5 Å². The summed E-state index contributed by atoms with van der Waals surface area (Å²) in [6.07, 6.45) is 1.57. The second kappa shape index (κ2) is 7.66. The lowest BCUT2D eigenvalue weighted by Crippen LogP contribution is -2.25. The molecule has 0 bridgehead atoms. The van der Waals surface area contributed by atoms with Gasteiger partial charge >= 0.3 is 0 Å². The van der Waals surface area contributed by atoms with Gasteiger partial charge in [-0.25, -0.2) is 8.78 Å². The van der Waals surface area contributed by atoms with Crippen LogP contribution in [0.25, 0.3) is 0 Å². The van der Waals surface area contributed by atoms with Crippen molar-refractivity contribution < 1.29 is 8.78 Å². The fourth-order valence-electron chi connectivity index (χ4n) is 2.28. The number of benzene rings is 2. The predicted molar refractivity (Wildman–Crippen MR) is 85.2 cm³/mol. The molecule has 0 fully saturated rings. The minimum absolute atomic E-state index is 0.132. The van der Waals surface area contributed by atoms with Crippen molar-refractivity contribution in [1.29, 1.82) is 0 Å². The van der Waals surface area contributed by atoms with E-state index in [-0.39, 0.29) is 17.7 Å². The number of nitrogens with one attached hydrogen (secondary N) is 1. The van der Waals surface area contributed by atoms with Crippen molar-refractivity contribution in [2.24, 2.45) is 0 Å². The third kappa shape index (κ3) is 4.35. The predicted octanol–water partition coefficient (Wildman–Crippen LogP) is 5.01. The Morgan fingerprint density at radius 1 is 1.14 bits per heavy atom. The molecule has 21 heavy (non-hydrogen) atoms. The molecular formula is C17H18BrF2N. The molecule has 1 atom stereocenters. The molecule has 0 saturated heterocycles. The fraction of sp³-hybridized carbons (Fsp3) is 0.294. The van der Waals surface area contributed by atoms with Gasteiger partial charge in [-0.05, 0) is 43.1 Å². The smallest absolute Gasteiger partial charge is 0.127 e. The van der Waals surface area contributed by atoms with Gasteiger partial charge in [0.05, 0.1) is 0 Å². The standard InChI is InChI=1S/C17H18BrF2N/c1-2-9-21-17(14-5-3-4-6-16(14)20)10-12-7-8-13(19)11-15(12)18/h3-8,11,17,21H,2,9-10H2,1H3. The van der Waals surface area contributed by atoms with Crippen molar-refractivity contribution in [3.63, 3.8) is 0 Å². The van der Waals surface area contributed by atoms with E-state index in [1.165, 1.54) is 18.2 Å². The molecule has 1 nitrogen and oxygen atoms in total. The molecular weight excluding hydrogens is 336 g/mol. The monoisotopic (exact) mass is 353 g/mol. The van der Waals surface area contributed by atoms with Crippen molar-refractivity contribution in [3.8, 4) is 0 Å². The summed E-state index contributed by atoms with van der Waals surface area (Å²) in [6.45, 7) is 2.87. The summed E-state index contributed by atoms with van der Waals surface area (Å²) in [7, 11) is 0. The summed E-state index contributed by atoms with van der Waals surface area (Å²) in [6, 6.07) is 11.2. The summed E-state index contributed by atoms with van der Waals surface area (Å²) < 4.78 is 27.9. The van der Waals surface area contributed by atoms with Crippen molar-refractivity contribution in [1.82, 2.24) is 5.32 Å². The highest BCUT2D eigenvalue weighted by molar-refractivity contribution is 9.10. The quantitative estimate of drug-likeness (QED) is 0.769. The normalized spacial score (nSPS) is 12.4. The maximum Gasteiger partial charge on any atom is 0.127 e. The van der Waals surface area contributed by atoms with Gasteiger partial charge in [-0.15, -0.1) is 0 Å². The van der Waals surface area contributed by atoms with E-state index in [9.17, 15) is 8.78 Å². The van der Waals surface area contributed by atoms with E-state index < -0.39 is 0 Å². The number of hydrogen-bond acceptors (Lipinski definition) is 1. The maximum atomic E-state index is 14.0. The number of hydrogen-bond donors (Lipinski definition) is 1. The van der Waals surface area contributed by atoms with Crippen molar-refractivity contribution >= 4 is 15.9 Å². The van der Waals surface area contributed by atoms with Crippen LogP contribution >= 0.6 is 15.9 Å². The van der Waals surface area contributed by atoms with E-state index in [4.69, 9.17) is 0 Å². The molecule has 1 unspecified atom stereocenters. The molecule has 0 saturated carbocycles. The highest BCUT2D eigenvalue weighted by atomic mass is 79.9. The Hall–Kier alpha value is -1.26. The first-order chi connectivity index (χ1) is 10.1. The molecule has 0 amide bonds. The SMILES string of the molecule is CCCNC(Cc1ccc(F)cc1Br)c1ccccc1F. The van der Waals surface area contributed by atoms with Crippen LogP contribution in [0.3, 0.4) is 0 Å². The van der Waals surface area contributed by atoms with Gasteiger partial charge in [-0.3, -0.25) is 0 Å². The highest BCUT2D eigenvalue weighted by Crippen LogP contribution is 2.26. The highest BCUT2D eigenvalue weighted by Gasteiger charge is 2.16. The summed E-state index contributed by atoms with van der Waals surface area (Å²) in [4.78, 5) is 0. The van der Waals surface area contributed by atoms with Crippen molar-refractivity contribution in [2.75, 3.05) is 6.54 Å². The molecule has 0 radical (unpaired) electrons. The zero-order valence-corrected chi connectivity index (χ0v) is 13.5. The van der Waals surface area contributed by atoms with Gasteiger partial charge < -0.3 is 5.32 Å². The van der Waals surface area contributed by atoms with Crippen molar-refractivity contribution in [3.05, 3.63) is 69.7 Å². The lowest BCUT2D eigenvalue weighted by Gasteiger charge is -2.20. The first kappa shape index (κ1) is 16.1. The Morgan fingerprint density at radius 2 is 1.90 bits per heavy atom. The average Bonchev–Trinajstić information content (AvgIpc) is 2.46. The van der Waals surface area contributed by atoms with Gasteiger partial charge in [0.2, 0.25) is 0 Å². The van der Waals surface area contributed by atoms with Crippen LogP contribution in [0.15, 0.2) is 46.9 Å². The zero-order valence-electron chi connectivity index (χ0n) is 11.9. The Labute approximate surface area is 132 Å². The summed E-state index contributed by atoms with van der Waals surface area (Å²) in [5, 5.41) is 3.36. The Bertz CT molecular complexity index is 601. The van der Waals surface area contributed by atoms with E-state index in [2.05, 4.69) is 28.2 Å². The van der Waals surface area contributed by atoms with E-state index >= 15 is 0 Å². The van der Waals surface area contributed by atoms with Crippen LogP contribution in [0.5, 0.6) is 0 Å². The minimum Gasteiger partial charge on any atom is -0.310 e. The number of halogens is 3. The van der Waals surface area contributed by atoms with E-state index in [0.29, 0.717) is 16.5 Å². The van der Waals surface area contributed by atoms with Gasteiger partial charge in [0.25, 0.3) is 0 Å². The number of rotatable bonds is 6. The molecule has 4 heteroatoms. The largest absolute Gasteiger partial charge is 0.310 e. The van der Waals surface area contributed by atoms with Gasteiger partial charge in [-0.1, -0.05) is 47.1 Å². The second-order valence-electron chi connectivity index (χ2n) is 4.97. The molecule has 0 aliphatic heterocycles. The molecule has 0 aromatic heterocycles. The Morgan fingerprint density at radius 3 is 2.57 bits per heavy atom. The summed E-state index contributed by atoms with van der Waals surface area (Å²) in [5.74, 6) is -0.501. The molecule has 2 aromatic rings. The zero-order chi connectivity index (χ0) is 15.2. The van der Waals surface area contributed by atoms with E-state index in [1.54, 1.807) is 18.2 Å². The maximum absolute atomic E-state index is 14.0. The van der Waals surface area contributed by atoms with Gasteiger partial charge in [0, 0.05) is 16.1 Å².